The summed E-state index contributed by atoms with van der Waals surface area (Å²) in [5, 5.41) is 5.58. The van der Waals surface area contributed by atoms with Crippen LogP contribution in [0.2, 0.25) is 0 Å². The van der Waals surface area contributed by atoms with Gasteiger partial charge in [0, 0.05) is 19.6 Å². The zero-order chi connectivity index (χ0) is 19.8. The Labute approximate surface area is 165 Å². The molecule has 1 atom stereocenters. The highest BCUT2D eigenvalue weighted by Crippen LogP contribution is 2.23. The fraction of sp³-hybridized carbons (Fsp3) is 0.429. The second-order valence-corrected chi connectivity index (χ2v) is 6.86. The number of benzene rings is 1. The van der Waals surface area contributed by atoms with E-state index < -0.39 is 0 Å². The fourth-order valence-corrected chi connectivity index (χ4v) is 3.23. The first kappa shape index (κ1) is 20.1. The molecular formula is C21H27N3O4. The molecular weight excluding hydrogens is 358 g/mol. The second kappa shape index (κ2) is 10.1. The molecule has 1 aromatic carbocycles. The van der Waals surface area contributed by atoms with E-state index in [2.05, 4.69) is 15.5 Å². The molecule has 1 saturated heterocycles. The Bertz CT molecular complexity index is 769. The van der Waals surface area contributed by atoms with Crippen LogP contribution in [0.5, 0.6) is 0 Å². The summed E-state index contributed by atoms with van der Waals surface area (Å²) >= 11 is 0. The molecule has 0 saturated carbocycles. The smallest absolute Gasteiger partial charge is 0.239 e. The van der Waals surface area contributed by atoms with Crippen molar-refractivity contribution in [2.75, 3.05) is 39.4 Å². The normalized spacial score (nSPS) is 15.8. The van der Waals surface area contributed by atoms with Gasteiger partial charge >= 0.3 is 0 Å². The van der Waals surface area contributed by atoms with E-state index in [4.69, 9.17) is 9.15 Å². The number of amides is 2. The number of ether oxygens (including phenoxy) is 1. The van der Waals surface area contributed by atoms with Gasteiger partial charge in [0.1, 0.15) is 11.5 Å². The molecule has 1 aliphatic rings. The van der Waals surface area contributed by atoms with Crippen LogP contribution in [0.1, 0.15) is 23.1 Å². The Morgan fingerprint density at radius 1 is 1.04 bits per heavy atom. The largest absolute Gasteiger partial charge is 0.465 e. The first-order valence-corrected chi connectivity index (χ1v) is 9.57. The molecule has 2 heterocycles. The predicted octanol–water partition coefficient (Wildman–Crippen LogP) is 1.44. The third-order valence-corrected chi connectivity index (χ3v) is 4.72. The summed E-state index contributed by atoms with van der Waals surface area (Å²) in [5.41, 5.74) is 0.918. The van der Waals surface area contributed by atoms with E-state index in [1.807, 2.05) is 49.4 Å². The highest BCUT2D eigenvalue weighted by molar-refractivity contribution is 5.85. The third kappa shape index (κ3) is 5.94. The minimum absolute atomic E-state index is 0.0430. The molecule has 1 aliphatic heterocycles. The van der Waals surface area contributed by atoms with E-state index in [9.17, 15) is 9.59 Å². The lowest BCUT2D eigenvalue weighted by atomic mass is 10.1. The van der Waals surface area contributed by atoms with E-state index >= 15 is 0 Å². The van der Waals surface area contributed by atoms with Gasteiger partial charge in [0.25, 0.3) is 0 Å². The van der Waals surface area contributed by atoms with Crippen LogP contribution in [0.15, 0.2) is 46.9 Å². The van der Waals surface area contributed by atoms with E-state index in [1.165, 1.54) is 0 Å². The van der Waals surface area contributed by atoms with Gasteiger partial charge in [0.2, 0.25) is 11.8 Å². The minimum atomic E-state index is -0.219. The van der Waals surface area contributed by atoms with Crippen molar-refractivity contribution in [3.05, 3.63) is 59.5 Å². The Morgan fingerprint density at radius 3 is 2.46 bits per heavy atom. The molecule has 2 aromatic rings. The van der Waals surface area contributed by atoms with Gasteiger partial charge in [-0.2, -0.15) is 0 Å². The van der Waals surface area contributed by atoms with Crippen molar-refractivity contribution >= 4 is 11.8 Å². The predicted molar refractivity (Wildman–Crippen MR) is 105 cm³/mol. The van der Waals surface area contributed by atoms with Gasteiger partial charge in [0.15, 0.2) is 0 Å². The van der Waals surface area contributed by atoms with Crippen molar-refractivity contribution < 1.29 is 18.7 Å². The van der Waals surface area contributed by atoms with Crippen LogP contribution in [0.4, 0.5) is 0 Å². The van der Waals surface area contributed by atoms with Gasteiger partial charge in [-0.05, 0) is 24.6 Å². The molecule has 0 radical (unpaired) electrons. The average molecular weight is 385 g/mol. The van der Waals surface area contributed by atoms with Crippen molar-refractivity contribution in [2.24, 2.45) is 0 Å². The monoisotopic (exact) mass is 385 g/mol. The summed E-state index contributed by atoms with van der Waals surface area (Å²) in [6.07, 6.45) is 0.260. The van der Waals surface area contributed by atoms with E-state index in [0.717, 1.165) is 30.2 Å². The van der Waals surface area contributed by atoms with Gasteiger partial charge in [-0.25, -0.2) is 0 Å². The number of furan rings is 1. The molecule has 28 heavy (non-hydrogen) atoms. The number of aryl methyl sites for hydroxylation is 1. The maximum atomic E-state index is 12.2. The second-order valence-electron chi connectivity index (χ2n) is 6.86. The summed E-state index contributed by atoms with van der Waals surface area (Å²) in [4.78, 5) is 26.5. The van der Waals surface area contributed by atoms with Gasteiger partial charge in [-0.3, -0.25) is 14.5 Å². The lowest BCUT2D eigenvalue weighted by molar-refractivity contribution is -0.126. The summed E-state index contributed by atoms with van der Waals surface area (Å²) in [7, 11) is 0. The molecule has 2 amide bonds. The van der Waals surface area contributed by atoms with Gasteiger partial charge in [-0.15, -0.1) is 0 Å². The standard InChI is InChI=1S/C21H27N3O4/c1-16-7-8-19(28-16)18(24-9-11-27-12-10-24)14-22-21(26)15-23-20(25)13-17-5-3-2-4-6-17/h2-8,18H,9-15H2,1H3,(H,22,26)(H,23,25). The molecule has 7 heteroatoms. The van der Waals surface area contributed by atoms with Gasteiger partial charge in [0.05, 0.1) is 32.2 Å². The lowest BCUT2D eigenvalue weighted by Gasteiger charge is -2.33. The van der Waals surface area contributed by atoms with Crippen LogP contribution >= 0.6 is 0 Å². The quantitative estimate of drug-likeness (QED) is 0.718. The van der Waals surface area contributed by atoms with Crippen molar-refractivity contribution in [1.82, 2.24) is 15.5 Å². The Kier molecular flexibility index (Phi) is 7.22. The van der Waals surface area contributed by atoms with Crippen molar-refractivity contribution in [2.45, 2.75) is 19.4 Å². The number of morpholine rings is 1. The Hall–Kier alpha value is -2.64. The zero-order valence-electron chi connectivity index (χ0n) is 16.1. The maximum Gasteiger partial charge on any atom is 0.239 e. The topological polar surface area (TPSA) is 83.8 Å². The molecule has 0 spiro atoms. The van der Waals surface area contributed by atoms with Crippen LogP contribution in [-0.4, -0.2) is 56.1 Å². The number of carbonyl (C=O) groups excluding carboxylic acids is 2. The van der Waals surface area contributed by atoms with E-state index in [0.29, 0.717) is 19.8 Å². The summed E-state index contributed by atoms with van der Waals surface area (Å²) in [6.45, 7) is 5.18. The molecule has 150 valence electrons. The fourth-order valence-electron chi connectivity index (χ4n) is 3.23. The van der Waals surface area contributed by atoms with Crippen LogP contribution in [0, 0.1) is 6.92 Å². The molecule has 7 nitrogen and oxygen atoms in total. The summed E-state index contributed by atoms with van der Waals surface area (Å²) in [6, 6.07) is 13.3. The lowest BCUT2D eigenvalue weighted by Crippen LogP contribution is -2.45. The molecule has 1 unspecified atom stereocenters. The highest BCUT2D eigenvalue weighted by atomic mass is 16.5. The van der Waals surface area contributed by atoms with Gasteiger partial charge in [-0.1, -0.05) is 30.3 Å². The SMILES string of the molecule is Cc1ccc(C(CNC(=O)CNC(=O)Cc2ccccc2)N2CCOCC2)o1. The molecule has 1 fully saturated rings. The first-order chi connectivity index (χ1) is 13.6. The van der Waals surface area contributed by atoms with Crippen molar-refractivity contribution in [3.63, 3.8) is 0 Å². The number of hydrogen-bond acceptors (Lipinski definition) is 5. The number of nitrogens with one attached hydrogen (secondary N) is 2. The van der Waals surface area contributed by atoms with Crippen LogP contribution in [0.25, 0.3) is 0 Å². The van der Waals surface area contributed by atoms with Gasteiger partial charge < -0.3 is 19.8 Å². The summed E-state index contributed by atoms with van der Waals surface area (Å²) in [5.74, 6) is 1.27. The highest BCUT2D eigenvalue weighted by Gasteiger charge is 2.25. The number of hydrogen-bond donors (Lipinski definition) is 2. The minimum Gasteiger partial charge on any atom is -0.465 e. The van der Waals surface area contributed by atoms with Crippen LogP contribution in [-0.2, 0) is 20.7 Å². The molecule has 0 aliphatic carbocycles. The van der Waals surface area contributed by atoms with E-state index in [-0.39, 0.29) is 30.8 Å². The van der Waals surface area contributed by atoms with Crippen LogP contribution in [0.3, 0.4) is 0 Å². The number of carbonyl (C=O) groups is 2. The molecule has 0 bridgehead atoms. The maximum absolute atomic E-state index is 12.2. The van der Waals surface area contributed by atoms with Crippen molar-refractivity contribution in [3.8, 4) is 0 Å². The third-order valence-electron chi connectivity index (χ3n) is 4.72. The van der Waals surface area contributed by atoms with E-state index in [1.54, 1.807) is 0 Å². The Morgan fingerprint density at radius 2 is 1.79 bits per heavy atom. The number of rotatable bonds is 8. The first-order valence-electron chi connectivity index (χ1n) is 9.57. The Balaban J connectivity index is 1.48. The average Bonchev–Trinajstić information content (AvgIpc) is 3.14. The molecule has 3 rings (SSSR count). The molecule has 2 N–H and O–H groups in total. The van der Waals surface area contributed by atoms with Crippen molar-refractivity contribution in [1.29, 1.82) is 0 Å². The molecule has 1 aromatic heterocycles. The van der Waals surface area contributed by atoms with Crippen LogP contribution < -0.4 is 10.6 Å². The summed E-state index contributed by atoms with van der Waals surface area (Å²) < 4.78 is 11.2. The zero-order valence-corrected chi connectivity index (χ0v) is 16.1. The number of nitrogens with zero attached hydrogens (tertiary/aromatic N) is 1.